The smallest absolute Gasteiger partial charge is 0.261 e. The summed E-state index contributed by atoms with van der Waals surface area (Å²) in [7, 11) is 0. The number of benzene rings is 2. The number of rotatable bonds is 8. The minimum absolute atomic E-state index is 0.204. The van der Waals surface area contributed by atoms with Gasteiger partial charge in [0.05, 0.1) is 5.02 Å². The largest absolute Gasteiger partial charge is 0.482 e. The van der Waals surface area contributed by atoms with Crippen LogP contribution in [0, 0.1) is 6.92 Å². The molecule has 1 N–H and O–H groups in total. The van der Waals surface area contributed by atoms with Crippen LogP contribution < -0.4 is 10.1 Å². The minimum Gasteiger partial charge on any atom is -0.482 e. The zero-order valence-corrected chi connectivity index (χ0v) is 18.5. The molecule has 2 amide bonds. The molecule has 5 nitrogen and oxygen atoms in total. The van der Waals surface area contributed by atoms with Gasteiger partial charge >= 0.3 is 0 Å². The Kier molecular flexibility index (Phi) is 8.33. The number of hydrogen-bond donors (Lipinski definition) is 1. The number of aryl methyl sites for hydroxylation is 1. The zero-order valence-electron chi connectivity index (χ0n) is 16.2. The number of hydrogen-bond acceptors (Lipinski definition) is 3. The highest BCUT2D eigenvalue weighted by Gasteiger charge is 2.26. The van der Waals surface area contributed by atoms with Gasteiger partial charge in [0.15, 0.2) is 6.61 Å². The third-order valence-electron chi connectivity index (χ3n) is 4.20. The number of ether oxygens (including phenoxy) is 1. The molecule has 0 fully saturated rings. The average Bonchev–Trinajstić information content (AvgIpc) is 2.65. The first-order valence-electron chi connectivity index (χ1n) is 9.02. The molecule has 2 rings (SSSR count). The number of nitrogens with one attached hydrogen (secondary N) is 1. The van der Waals surface area contributed by atoms with Gasteiger partial charge in [0, 0.05) is 17.6 Å². The van der Waals surface area contributed by atoms with Crippen molar-refractivity contribution < 1.29 is 14.3 Å². The summed E-state index contributed by atoms with van der Waals surface area (Å²) in [5, 5.41) is 3.17. The second-order valence-electron chi connectivity index (χ2n) is 6.44. The van der Waals surface area contributed by atoms with E-state index in [2.05, 4.69) is 21.2 Å². The molecule has 7 heteroatoms. The van der Waals surface area contributed by atoms with Gasteiger partial charge in [0.25, 0.3) is 5.91 Å². The van der Waals surface area contributed by atoms with Gasteiger partial charge in [-0.1, -0.05) is 57.4 Å². The van der Waals surface area contributed by atoms with Crippen molar-refractivity contribution in [1.29, 1.82) is 0 Å². The SMILES string of the molecule is CCNC(=O)[C@@H](C)N(Cc1cccc(C)c1)C(=O)COc1ccc(Br)cc1Cl. The summed E-state index contributed by atoms with van der Waals surface area (Å²) in [4.78, 5) is 26.8. The van der Waals surface area contributed by atoms with Gasteiger partial charge in [-0.05, 0) is 44.5 Å². The Bertz CT molecular complexity index is 844. The molecule has 150 valence electrons. The maximum Gasteiger partial charge on any atom is 0.261 e. The Hall–Kier alpha value is -2.05. The molecule has 0 heterocycles. The molecular weight excluding hydrogens is 444 g/mol. The van der Waals surface area contributed by atoms with Crippen LogP contribution in [0.1, 0.15) is 25.0 Å². The number of amides is 2. The molecule has 0 unspecified atom stereocenters. The monoisotopic (exact) mass is 466 g/mol. The first-order valence-corrected chi connectivity index (χ1v) is 10.2. The van der Waals surface area contributed by atoms with E-state index in [0.717, 1.165) is 15.6 Å². The van der Waals surface area contributed by atoms with Crippen molar-refractivity contribution in [3.05, 3.63) is 63.1 Å². The second-order valence-corrected chi connectivity index (χ2v) is 7.77. The van der Waals surface area contributed by atoms with Crippen molar-refractivity contribution in [3.63, 3.8) is 0 Å². The maximum atomic E-state index is 12.9. The third-order valence-corrected chi connectivity index (χ3v) is 4.99. The summed E-state index contributed by atoms with van der Waals surface area (Å²) in [6, 6.07) is 12.4. The molecule has 0 saturated heterocycles. The van der Waals surface area contributed by atoms with E-state index in [-0.39, 0.29) is 18.4 Å². The summed E-state index contributed by atoms with van der Waals surface area (Å²) in [5.74, 6) is -0.0798. The zero-order chi connectivity index (χ0) is 20.7. The fraction of sp³-hybridized carbons (Fsp3) is 0.333. The normalized spacial score (nSPS) is 11.6. The van der Waals surface area contributed by atoms with Gasteiger partial charge in [-0.3, -0.25) is 9.59 Å². The van der Waals surface area contributed by atoms with Crippen LogP contribution in [0.25, 0.3) is 0 Å². The van der Waals surface area contributed by atoms with Crippen LogP contribution in [-0.2, 0) is 16.1 Å². The molecule has 0 radical (unpaired) electrons. The Morgan fingerprint density at radius 2 is 2.00 bits per heavy atom. The van der Waals surface area contributed by atoms with Crippen LogP contribution in [-0.4, -0.2) is 35.9 Å². The van der Waals surface area contributed by atoms with E-state index in [0.29, 0.717) is 23.9 Å². The van der Waals surface area contributed by atoms with Crippen molar-refractivity contribution in [3.8, 4) is 5.75 Å². The Morgan fingerprint density at radius 3 is 2.64 bits per heavy atom. The van der Waals surface area contributed by atoms with Crippen molar-refractivity contribution in [1.82, 2.24) is 10.2 Å². The summed E-state index contributed by atoms with van der Waals surface area (Å²) in [6.45, 7) is 6.15. The highest BCUT2D eigenvalue weighted by Crippen LogP contribution is 2.27. The van der Waals surface area contributed by atoms with Crippen LogP contribution >= 0.6 is 27.5 Å². The minimum atomic E-state index is -0.628. The summed E-state index contributed by atoms with van der Waals surface area (Å²) < 4.78 is 6.43. The molecule has 0 aromatic heterocycles. The van der Waals surface area contributed by atoms with Crippen molar-refractivity contribution >= 4 is 39.3 Å². The molecular formula is C21H24BrClN2O3. The van der Waals surface area contributed by atoms with Crippen molar-refractivity contribution in [2.24, 2.45) is 0 Å². The molecule has 0 bridgehead atoms. The van der Waals surface area contributed by atoms with E-state index >= 15 is 0 Å². The molecule has 28 heavy (non-hydrogen) atoms. The molecule has 0 aliphatic carbocycles. The van der Waals surface area contributed by atoms with E-state index in [1.165, 1.54) is 4.90 Å². The topological polar surface area (TPSA) is 58.6 Å². The fourth-order valence-electron chi connectivity index (χ4n) is 2.73. The molecule has 0 saturated carbocycles. The lowest BCUT2D eigenvalue weighted by Crippen LogP contribution is -2.49. The highest BCUT2D eigenvalue weighted by molar-refractivity contribution is 9.10. The van der Waals surface area contributed by atoms with Crippen LogP contribution in [0.3, 0.4) is 0 Å². The quantitative estimate of drug-likeness (QED) is 0.628. The first kappa shape index (κ1) is 22.2. The van der Waals surface area contributed by atoms with Crippen molar-refractivity contribution in [2.45, 2.75) is 33.4 Å². The summed E-state index contributed by atoms with van der Waals surface area (Å²) >= 11 is 9.48. The van der Waals surface area contributed by atoms with Gasteiger partial charge in [-0.15, -0.1) is 0 Å². The lowest BCUT2D eigenvalue weighted by molar-refractivity contribution is -0.142. The number of nitrogens with zero attached hydrogens (tertiary/aromatic N) is 1. The second kappa shape index (κ2) is 10.5. The van der Waals surface area contributed by atoms with Gasteiger partial charge in [-0.25, -0.2) is 0 Å². The standard InChI is InChI=1S/C21H24BrClN2O3/c1-4-24-21(27)15(3)25(12-16-7-5-6-14(2)10-16)20(26)13-28-19-9-8-17(22)11-18(19)23/h5-11,15H,4,12-13H2,1-3H3,(H,24,27)/t15-/m1/s1. The van der Waals surface area contributed by atoms with Crippen LogP contribution in [0.4, 0.5) is 0 Å². The molecule has 2 aromatic carbocycles. The number of carbonyl (C=O) groups is 2. The fourth-order valence-corrected chi connectivity index (χ4v) is 3.45. The van der Waals surface area contributed by atoms with Gasteiger partial charge in [0.2, 0.25) is 5.91 Å². The van der Waals surface area contributed by atoms with Crippen molar-refractivity contribution in [2.75, 3.05) is 13.2 Å². The Balaban J connectivity index is 2.16. The van der Waals surface area contributed by atoms with E-state index in [4.69, 9.17) is 16.3 Å². The predicted molar refractivity (Wildman–Crippen MR) is 115 cm³/mol. The number of halogens is 2. The third kappa shape index (κ3) is 6.24. The summed E-state index contributed by atoms with van der Waals surface area (Å²) in [5.41, 5.74) is 2.04. The Labute approximate surface area is 179 Å². The van der Waals surface area contributed by atoms with Crippen LogP contribution in [0.2, 0.25) is 5.02 Å². The number of likely N-dealkylation sites (N-methyl/N-ethyl adjacent to an activating group) is 1. The van der Waals surface area contributed by atoms with E-state index in [1.807, 2.05) is 38.1 Å². The lowest BCUT2D eigenvalue weighted by Gasteiger charge is -2.28. The average molecular weight is 468 g/mol. The lowest BCUT2D eigenvalue weighted by atomic mass is 10.1. The van der Waals surface area contributed by atoms with E-state index < -0.39 is 6.04 Å². The molecule has 1 atom stereocenters. The van der Waals surface area contributed by atoms with Crippen LogP contribution in [0.15, 0.2) is 46.9 Å². The molecule has 0 aliphatic heterocycles. The molecule has 0 aliphatic rings. The number of carbonyl (C=O) groups excluding carboxylic acids is 2. The maximum absolute atomic E-state index is 12.9. The molecule has 2 aromatic rings. The highest BCUT2D eigenvalue weighted by atomic mass is 79.9. The van der Waals surface area contributed by atoms with E-state index in [9.17, 15) is 9.59 Å². The van der Waals surface area contributed by atoms with Crippen LogP contribution in [0.5, 0.6) is 5.75 Å². The van der Waals surface area contributed by atoms with Gasteiger partial charge in [0.1, 0.15) is 11.8 Å². The Morgan fingerprint density at radius 1 is 1.25 bits per heavy atom. The van der Waals surface area contributed by atoms with Gasteiger partial charge < -0.3 is 15.0 Å². The predicted octanol–water partition coefficient (Wildman–Crippen LogP) is 4.34. The summed E-state index contributed by atoms with van der Waals surface area (Å²) in [6.07, 6.45) is 0. The van der Waals surface area contributed by atoms with Gasteiger partial charge in [-0.2, -0.15) is 0 Å². The first-order chi connectivity index (χ1) is 13.3. The van der Waals surface area contributed by atoms with E-state index in [1.54, 1.807) is 25.1 Å². The molecule has 0 spiro atoms.